The zero-order valence-electron chi connectivity index (χ0n) is 5.76. The van der Waals surface area contributed by atoms with Crippen molar-refractivity contribution in [3.8, 4) is 0 Å². The summed E-state index contributed by atoms with van der Waals surface area (Å²) in [5, 5.41) is 0. The zero-order valence-corrected chi connectivity index (χ0v) is 5.76. The minimum Gasteiger partial charge on any atom is -0.299 e. The van der Waals surface area contributed by atoms with Crippen LogP contribution in [-0.4, -0.2) is 5.78 Å². The molecule has 50 valence electrons. The Labute approximate surface area is 55.4 Å². The largest absolute Gasteiger partial charge is 0.299 e. The van der Waals surface area contributed by atoms with Gasteiger partial charge in [-0.2, -0.15) is 0 Å². The van der Waals surface area contributed by atoms with Crippen LogP contribution in [0.3, 0.4) is 0 Å². The molecule has 3 unspecified atom stereocenters. The molecule has 2 saturated carbocycles. The quantitative estimate of drug-likeness (QED) is 0.479. The highest BCUT2D eigenvalue weighted by Gasteiger charge is 2.52. The maximum atomic E-state index is 11.0. The van der Waals surface area contributed by atoms with Crippen molar-refractivity contribution in [2.45, 2.75) is 26.2 Å². The summed E-state index contributed by atoms with van der Waals surface area (Å²) in [4.78, 5) is 11.0. The lowest BCUT2D eigenvalue weighted by molar-refractivity contribution is -0.121. The molecule has 0 bridgehead atoms. The molecule has 0 N–H and O–H groups in total. The smallest absolute Gasteiger partial charge is 0.136 e. The summed E-state index contributed by atoms with van der Waals surface area (Å²) in [6.45, 7) is 2.21. The zero-order chi connectivity index (χ0) is 6.43. The molecule has 0 amide bonds. The Morgan fingerprint density at radius 1 is 1.56 bits per heavy atom. The minimum absolute atomic E-state index is 0.499. The van der Waals surface area contributed by atoms with Gasteiger partial charge in [0.15, 0.2) is 0 Å². The van der Waals surface area contributed by atoms with Crippen LogP contribution in [0.1, 0.15) is 26.2 Å². The Bertz CT molecular complexity index is 151. The fourth-order valence-electron chi connectivity index (χ4n) is 2.20. The number of hydrogen-bond donors (Lipinski definition) is 0. The van der Waals surface area contributed by atoms with E-state index in [0.717, 1.165) is 24.7 Å². The van der Waals surface area contributed by atoms with Crippen molar-refractivity contribution in [3.05, 3.63) is 0 Å². The molecule has 0 aromatic rings. The maximum Gasteiger partial charge on any atom is 0.136 e. The van der Waals surface area contributed by atoms with E-state index in [9.17, 15) is 4.79 Å². The van der Waals surface area contributed by atoms with Crippen LogP contribution < -0.4 is 0 Å². The maximum absolute atomic E-state index is 11.0. The topological polar surface area (TPSA) is 17.1 Å². The molecule has 0 radical (unpaired) electrons. The van der Waals surface area contributed by atoms with Crippen molar-refractivity contribution in [1.29, 1.82) is 0 Å². The third-order valence-corrected chi connectivity index (χ3v) is 2.89. The second-order valence-corrected chi connectivity index (χ2v) is 3.41. The van der Waals surface area contributed by atoms with Crippen LogP contribution in [0.4, 0.5) is 0 Å². The van der Waals surface area contributed by atoms with Gasteiger partial charge in [0, 0.05) is 12.3 Å². The third-order valence-electron chi connectivity index (χ3n) is 2.89. The van der Waals surface area contributed by atoms with Gasteiger partial charge < -0.3 is 0 Å². The first-order chi connectivity index (χ1) is 4.30. The lowest BCUT2D eigenvalue weighted by Gasteiger charge is -2.04. The number of rotatable bonds is 0. The van der Waals surface area contributed by atoms with Gasteiger partial charge >= 0.3 is 0 Å². The van der Waals surface area contributed by atoms with E-state index in [0.29, 0.717) is 11.7 Å². The van der Waals surface area contributed by atoms with E-state index >= 15 is 0 Å². The van der Waals surface area contributed by atoms with Crippen LogP contribution >= 0.6 is 0 Å². The number of hydrogen-bond acceptors (Lipinski definition) is 1. The Morgan fingerprint density at radius 2 is 2.33 bits per heavy atom. The van der Waals surface area contributed by atoms with Crippen molar-refractivity contribution in [1.82, 2.24) is 0 Å². The number of carbonyl (C=O) groups is 1. The summed E-state index contributed by atoms with van der Waals surface area (Å²) < 4.78 is 0. The predicted molar refractivity (Wildman–Crippen MR) is 35.0 cm³/mol. The van der Waals surface area contributed by atoms with E-state index < -0.39 is 0 Å². The fraction of sp³-hybridized carbons (Fsp3) is 0.875. The highest BCUT2D eigenvalue weighted by Crippen LogP contribution is 2.52. The van der Waals surface area contributed by atoms with Gasteiger partial charge in [-0.3, -0.25) is 4.79 Å². The summed E-state index contributed by atoms with van der Waals surface area (Å²) in [7, 11) is 0. The molecule has 0 aromatic heterocycles. The van der Waals surface area contributed by atoms with Crippen LogP contribution in [-0.2, 0) is 4.79 Å². The molecule has 0 aromatic carbocycles. The van der Waals surface area contributed by atoms with Crippen LogP contribution in [0.15, 0.2) is 0 Å². The van der Waals surface area contributed by atoms with Gasteiger partial charge in [-0.15, -0.1) is 0 Å². The lowest BCUT2D eigenvalue weighted by atomic mass is 10.00. The van der Waals surface area contributed by atoms with E-state index in [-0.39, 0.29) is 0 Å². The molecule has 0 heterocycles. The molecule has 2 aliphatic rings. The molecule has 0 saturated heterocycles. The third kappa shape index (κ3) is 0.637. The molecule has 2 fully saturated rings. The van der Waals surface area contributed by atoms with Gasteiger partial charge in [0.1, 0.15) is 5.78 Å². The predicted octanol–water partition coefficient (Wildman–Crippen LogP) is 1.62. The fourth-order valence-corrected chi connectivity index (χ4v) is 2.20. The molecule has 3 atom stereocenters. The lowest BCUT2D eigenvalue weighted by Crippen LogP contribution is -2.07. The highest BCUT2D eigenvalue weighted by atomic mass is 16.1. The molecule has 1 heteroatoms. The van der Waals surface area contributed by atoms with Gasteiger partial charge in [-0.1, -0.05) is 6.92 Å². The highest BCUT2D eigenvalue weighted by molar-refractivity contribution is 5.85. The van der Waals surface area contributed by atoms with E-state index in [1.807, 2.05) is 0 Å². The number of ketones is 1. The number of Topliss-reactive ketones (excluding diaryl/α,β-unsaturated/α-hetero) is 1. The Balaban J connectivity index is 2.10. The SMILES string of the molecule is CC1C2CCCC(=O)C12. The first-order valence-corrected chi connectivity index (χ1v) is 3.83. The molecular formula is C8H12O. The van der Waals surface area contributed by atoms with Crippen LogP contribution in [0.5, 0.6) is 0 Å². The standard InChI is InChI=1S/C8H12O/c1-5-6-3-2-4-7(9)8(5)6/h5-6,8H,2-4H2,1H3. The Kier molecular flexibility index (Phi) is 0.961. The molecule has 0 spiro atoms. The summed E-state index contributed by atoms with van der Waals surface area (Å²) in [6, 6.07) is 0. The van der Waals surface area contributed by atoms with Crippen molar-refractivity contribution < 1.29 is 4.79 Å². The van der Waals surface area contributed by atoms with Crippen LogP contribution in [0, 0.1) is 17.8 Å². The van der Waals surface area contributed by atoms with E-state index in [1.165, 1.54) is 6.42 Å². The van der Waals surface area contributed by atoms with Gasteiger partial charge in [0.05, 0.1) is 0 Å². The summed E-state index contributed by atoms with van der Waals surface area (Å²) in [5.74, 6) is 2.57. The van der Waals surface area contributed by atoms with Crippen molar-refractivity contribution in [2.24, 2.45) is 17.8 Å². The van der Waals surface area contributed by atoms with Crippen molar-refractivity contribution >= 4 is 5.78 Å². The Hall–Kier alpha value is -0.330. The van der Waals surface area contributed by atoms with Crippen molar-refractivity contribution in [2.75, 3.05) is 0 Å². The van der Waals surface area contributed by atoms with Crippen molar-refractivity contribution in [3.63, 3.8) is 0 Å². The van der Waals surface area contributed by atoms with E-state index in [1.54, 1.807) is 0 Å². The average molecular weight is 124 g/mol. The molecule has 1 nitrogen and oxygen atoms in total. The summed E-state index contributed by atoms with van der Waals surface area (Å²) in [5.41, 5.74) is 0. The monoisotopic (exact) mass is 124 g/mol. The molecule has 2 rings (SSSR count). The molecule has 0 aliphatic heterocycles. The first kappa shape index (κ1) is 5.45. The second kappa shape index (κ2) is 1.59. The first-order valence-electron chi connectivity index (χ1n) is 3.83. The van der Waals surface area contributed by atoms with Gasteiger partial charge in [-0.05, 0) is 24.7 Å². The normalized spacial score (nSPS) is 48.6. The van der Waals surface area contributed by atoms with Crippen LogP contribution in [0.25, 0.3) is 0 Å². The Morgan fingerprint density at radius 3 is 2.89 bits per heavy atom. The summed E-state index contributed by atoms with van der Waals surface area (Å²) in [6.07, 6.45) is 3.34. The van der Waals surface area contributed by atoms with Gasteiger partial charge in [-0.25, -0.2) is 0 Å². The number of fused-ring (bicyclic) bond motifs is 1. The van der Waals surface area contributed by atoms with E-state index in [2.05, 4.69) is 6.92 Å². The number of carbonyl (C=O) groups excluding carboxylic acids is 1. The molecule has 9 heavy (non-hydrogen) atoms. The average Bonchev–Trinajstić information content (AvgIpc) is 2.45. The van der Waals surface area contributed by atoms with E-state index in [4.69, 9.17) is 0 Å². The second-order valence-electron chi connectivity index (χ2n) is 3.41. The van der Waals surface area contributed by atoms with Gasteiger partial charge in [0.25, 0.3) is 0 Å². The van der Waals surface area contributed by atoms with Crippen LogP contribution in [0.2, 0.25) is 0 Å². The molecule has 2 aliphatic carbocycles. The summed E-state index contributed by atoms with van der Waals surface area (Å²) >= 11 is 0. The van der Waals surface area contributed by atoms with Gasteiger partial charge in [0.2, 0.25) is 0 Å². The molecular weight excluding hydrogens is 112 g/mol. The minimum atomic E-state index is 0.499.